The first-order valence-corrected chi connectivity index (χ1v) is 3.06. The fraction of sp³-hybridized carbons (Fsp3) is 0.857. The van der Waals surface area contributed by atoms with Crippen LogP contribution in [0.3, 0.4) is 0 Å². The van der Waals surface area contributed by atoms with Gasteiger partial charge in [-0.1, -0.05) is 26.7 Å². The Labute approximate surface area is 88.6 Å². The van der Waals surface area contributed by atoms with Crippen LogP contribution in [0.4, 0.5) is 0 Å². The van der Waals surface area contributed by atoms with Gasteiger partial charge in [-0.25, -0.2) is 0 Å². The maximum absolute atomic E-state index is 3.76. The summed E-state index contributed by atoms with van der Waals surface area (Å²) in [4.78, 5) is 0. The average molecular weight is 241 g/mol. The minimum absolute atomic E-state index is 0. The SMILES string of the molecule is [CH2-]CCCC(C)C.[OH-].[OH-].[OH-].[Zr+4]. The summed E-state index contributed by atoms with van der Waals surface area (Å²) in [5.41, 5.74) is 0. The molecule has 0 unspecified atom stereocenters. The van der Waals surface area contributed by atoms with E-state index in [0.717, 1.165) is 12.3 Å². The van der Waals surface area contributed by atoms with Crippen molar-refractivity contribution < 1.29 is 42.6 Å². The van der Waals surface area contributed by atoms with Gasteiger partial charge in [0.05, 0.1) is 0 Å². The first-order valence-electron chi connectivity index (χ1n) is 3.06. The van der Waals surface area contributed by atoms with Gasteiger partial charge in [-0.3, -0.25) is 0 Å². The van der Waals surface area contributed by atoms with Crippen LogP contribution in [0.5, 0.6) is 0 Å². The minimum atomic E-state index is 0. The molecule has 0 aromatic heterocycles. The Bertz CT molecular complexity index is 42.7. The Morgan fingerprint density at radius 1 is 1.09 bits per heavy atom. The number of hydrogen-bond donors (Lipinski definition) is 0. The fourth-order valence-electron chi connectivity index (χ4n) is 0.553. The van der Waals surface area contributed by atoms with Crippen LogP contribution in [0, 0.1) is 12.8 Å². The zero-order chi connectivity index (χ0) is 5.70. The second-order valence-electron chi connectivity index (χ2n) is 2.39. The molecule has 0 spiro atoms. The molecular formula is C7H18O3Zr. The van der Waals surface area contributed by atoms with Crippen molar-refractivity contribution in [2.45, 2.75) is 33.1 Å². The molecule has 0 heterocycles. The Hall–Kier alpha value is 0.763. The molecule has 0 rings (SSSR count). The summed E-state index contributed by atoms with van der Waals surface area (Å²) in [5, 5.41) is 0. The molecule has 3 N–H and O–H groups in total. The van der Waals surface area contributed by atoms with Gasteiger partial charge in [0.1, 0.15) is 0 Å². The second kappa shape index (κ2) is 22.4. The molecular weight excluding hydrogens is 223 g/mol. The topological polar surface area (TPSA) is 90.0 Å². The van der Waals surface area contributed by atoms with Gasteiger partial charge >= 0.3 is 26.2 Å². The van der Waals surface area contributed by atoms with Crippen LogP contribution >= 0.6 is 0 Å². The van der Waals surface area contributed by atoms with Crippen molar-refractivity contribution in [3.05, 3.63) is 6.92 Å². The standard InChI is InChI=1S/C7H15.3H2O.Zr/c1-4-5-6-7(2)3;;;;/h7H,1,4-6H2,2-3H3;3*1H2;/q-1;;;;+4/p-3. The molecule has 0 bridgehead atoms. The molecule has 0 saturated carbocycles. The van der Waals surface area contributed by atoms with Crippen molar-refractivity contribution in [1.29, 1.82) is 0 Å². The Kier molecular flexibility index (Phi) is 60.7. The molecule has 68 valence electrons. The van der Waals surface area contributed by atoms with E-state index in [0.29, 0.717) is 0 Å². The molecule has 11 heavy (non-hydrogen) atoms. The monoisotopic (exact) mass is 240 g/mol. The summed E-state index contributed by atoms with van der Waals surface area (Å²) in [7, 11) is 0. The zero-order valence-electron chi connectivity index (χ0n) is 7.25. The molecule has 0 radical (unpaired) electrons. The molecule has 0 amide bonds. The van der Waals surface area contributed by atoms with Crippen LogP contribution in [-0.4, -0.2) is 16.4 Å². The van der Waals surface area contributed by atoms with Crippen LogP contribution in [0.1, 0.15) is 33.1 Å². The van der Waals surface area contributed by atoms with E-state index in [1.165, 1.54) is 12.8 Å². The third-order valence-electron chi connectivity index (χ3n) is 1.03. The quantitative estimate of drug-likeness (QED) is 0.709. The van der Waals surface area contributed by atoms with Crippen molar-refractivity contribution in [3.63, 3.8) is 0 Å². The van der Waals surface area contributed by atoms with Gasteiger partial charge in [0.2, 0.25) is 0 Å². The third-order valence-corrected chi connectivity index (χ3v) is 1.03. The maximum atomic E-state index is 3.76. The third kappa shape index (κ3) is 36.4. The summed E-state index contributed by atoms with van der Waals surface area (Å²) in [6.45, 7) is 8.25. The van der Waals surface area contributed by atoms with Crippen molar-refractivity contribution in [1.82, 2.24) is 0 Å². The van der Waals surface area contributed by atoms with Gasteiger partial charge in [0.25, 0.3) is 0 Å². The Balaban J connectivity index is -0.0000000300. The van der Waals surface area contributed by atoms with Gasteiger partial charge in [0.15, 0.2) is 0 Å². The van der Waals surface area contributed by atoms with Crippen molar-refractivity contribution >= 4 is 0 Å². The molecule has 0 aliphatic rings. The van der Waals surface area contributed by atoms with E-state index in [4.69, 9.17) is 0 Å². The van der Waals surface area contributed by atoms with E-state index in [1.807, 2.05) is 0 Å². The first-order chi connectivity index (χ1) is 3.27. The van der Waals surface area contributed by atoms with E-state index < -0.39 is 0 Å². The van der Waals surface area contributed by atoms with E-state index in [1.54, 1.807) is 0 Å². The average Bonchev–Trinajstić information content (AvgIpc) is 1.61. The van der Waals surface area contributed by atoms with Crippen LogP contribution in [0.2, 0.25) is 0 Å². The predicted molar refractivity (Wildman–Crippen MR) is 39.9 cm³/mol. The van der Waals surface area contributed by atoms with E-state index in [-0.39, 0.29) is 42.6 Å². The van der Waals surface area contributed by atoms with Crippen molar-refractivity contribution in [3.8, 4) is 0 Å². The molecule has 0 atom stereocenters. The van der Waals surface area contributed by atoms with E-state index >= 15 is 0 Å². The summed E-state index contributed by atoms with van der Waals surface area (Å²) in [5.74, 6) is 0.863. The number of hydrogen-bond acceptors (Lipinski definition) is 3. The molecule has 3 nitrogen and oxygen atoms in total. The van der Waals surface area contributed by atoms with Gasteiger partial charge in [-0.2, -0.15) is 6.42 Å². The predicted octanol–water partition coefficient (Wildman–Crippen LogP) is 2.11. The smallest absolute Gasteiger partial charge is 0.870 e. The summed E-state index contributed by atoms with van der Waals surface area (Å²) < 4.78 is 0. The van der Waals surface area contributed by atoms with Crippen LogP contribution < -0.4 is 0 Å². The second-order valence-corrected chi connectivity index (χ2v) is 2.39. The normalized spacial score (nSPS) is 6.55. The van der Waals surface area contributed by atoms with Gasteiger partial charge in [0, 0.05) is 0 Å². The van der Waals surface area contributed by atoms with E-state index in [9.17, 15) is 0 Å². The number of rotatable bonds is 3. The van der Waals surface area contributed by atoms with Crippen molar-refractivity contribution in [2.24, 2.45) is 5.92 Å². The fourth-order valence-corrected chi connectivity index (χ4v) is 0.553. The Morgan fingerprint density at radius 2 is 1.45 bits per heavy atom. The van der Waals surface area contributed by atoms with Crippen LogP contribution in [0.15, 0.2) is 0 Å². The Morgan fingerprint density at radius 3 is 1.55 bits per heavy atom. The number of unbranched alkanes of at least 4 members (excludes halogenated alkanes) is 1. The molecule has 4 heteroatoms. The van der Waals surface area contributed by atoms with Gasteiger partial charge in [-0.05, 0) is 5.92 Å². The van der Waals surface area contributed by atoms with Crippen molar-refractivity contribution in [2.75, 3.05) is 0 Å². The van der Waals surface area contributed by atoms with Gasteiger partial charge < -0.3 is 23.4 Å². The molecule has 0 aliphatic carbocycles. The summed E-state index contributed by atoms with van der Waals surface area (Å²) >= 11 is 0. The molecule has 0 aromatic carbocycles. The summed E-state index contributed by atoms with van der Waals surface area (Å²) in [6.07, 6.45) is 3.72. The largest absolute Gasteiger partial charge is 4.00 e. The first kappa shape index (κ1) is 29.8. The molecule has 0 saturated heterocycles. The van der Waals surface area contributed by atoms with Crippen LogP contribution in [0.25, 0.3) is 0 Å². The molecule has 0 aromatic rings. The zero-order valence-corrected chi connectivity index (χ0v) is 9.71. The van der Waals surface area contributed by atoms with Crippen LogP contribution in [-0.2, 0) is 26.2 Å². The molecule has 0 aliphatic heterocycles. The van der Waals surface area contributed by atoms with E-state index in [2.05, 4.69) is 20.8 Å². The van der Waals surface area contributed by atoms with Gasteiger partial charge in [-0.15, -0.1) is 0 Å². The summed E-state index contributed by atoms with van der Waals surface area (Å²) in [6, 6.07) is 0. The maximum Gasteiger partial charge on any atom is 4.00 e. The minimum Gasteiger partial charge on any atom is -0.870 e. The molecule has 0 fully saturated rings.